The van der Waals surface area contributed by atoms with Crippen molar-refractivity contribution < 1.29 is 14.3 Å². The Labute approximate surface area is 112 Å². The van der Waals surface area contributed by atoms with E-state index in [2.05, 4.69) is 6.07 Å². The first kappa shape index (κ1) is 13.2. The van der Waals surface area contributed by atoms with Gasteiger partial charge in [0.25, 0.3) is 0 Å². The normalized spacial score (nSPS) is 21.7. The number of allylic oxidation sites excluding steroid dienone is 1. The molecule has 0 aliphatic carbocycles. The summed E-state index contributed by atoms with van der Waals surface area (Å²) < 4.78 is 10.5. The lowest BCUT2D eigenvalue weighted by atomic mass is 9.88. The molecular formula is C15H15NO3. The fraction of sp³-hybridized carbons (Fsp3) is 0.333. The minimum Gasteiger partial charge on any atom is -0.479 e. The number of nitrogens with zero attached hydrogens (tertiary/aromatic N) is 1. The number of nitriles is 1. The quantitative estimate of drug-likeness (QED) is 0.781. The van der Waals surface area contributed by atoms with Crippen LogP contribution < -0.4 is 0 Å². The molecule has 98 valence electrons. The molecule has 0 aromatic heterocycles. The molecule has 0 amide bonds. The Morgan fingerprint density at radius 3 is 2.68 bits per heavy atom. The number of hydrogen-bond acceptors (Lipinski definition) is 4. The van der Waals surface area contributed by atoms with E-state index in [4.69, 9.17) is 9.47 Å². The van der Waals surface area contributed by atoms with Crippen molar-refractivity contribution in [3.05, 3.63) is 47.2 Å². The van der Waals surface area contributed by atoms with Gasteiger partial charge in [0.05, 0.1) is 18.1 Å². The Morgan fingerprint density at radius 2 is 2.11 bits per heavy atom. The van der Waals surface area contributed by atoms with Crippen molar-refractivity contribution in [1.82, 2.24) is 0 Å². The van der Waals surface area contributed by atoms with Gasteiger partial charge in [0.1, 0.15) is 11.8 Å². The summed E-state index contributed by atoms with van der Waals surface area (Å²) in [7, 11) is 0. The predicted octanol–water partition coefficient (Wildman–Crippen LogP) is 2.53. The minimum absolute atomic E-state index is 0.300. The Morgan fingerprint density at radius 1 is 1.42 bits per heavy atom. The van der Waals surface area contributed by atoms with Gasteiger partial charge in [-0.3, -0.25) is 0 Å². The smallest absolute Gasteiger partial charge is 0.338 e. The van der Waals surface area contributed by atoms with Crippen LogP contribution in [0.3, 0.4) is 0 Å². The van der Waals surface area contributed by atoms with E-state index >= 15 is 0 Å². The van der Waals surface area contributed by atoms with Crippen molar-refractivity contribution in [2.45, 2.75) is 25.9 Å². The van der Waals surface area contributed by atoms with Gasteiger partial charge in [0.15, 0.2) is 6.10 Å². The van der Waals surface area contributed by atoms with E-state index < -0.39 is 12.1 Å². The number of rotatable bonds is 3. The molecule has 0 unspecified atom stereocenters. The van der Waals surface area contributed by atoms with Crippen molar-refractivity contribution in [2.75, 3.05) is 6.61 Å². The van der Waals surface area contributed by atoms with E-state index in [1.54, 1.807) is 13.8 Å². The summed E-state index contributed by atoms with van der Waals surface area (Å²) in [6, 6.07) is 11.5. The Bertz CT molecular complexity index is 542. The van der Waals surface area contributed by atoms with E-state index in [0.717, 1.165) is 5.56 Å². The average molecular weight is 257 g/mol. The maximum atomic E-state index is 12.0. The molecule has 0 bridgehead atoms. The van der Waals surface area contributed by atoms with Crippen LogP contribution in [0.5, 0.6) is 0 Å². The summed E-state index contributed by atoms with van der Waals surface area (Å²) in [5.74, 6) is -0.323. The highest BCUT2D eigenvalue weighted by molar-refractivity contribution is 5.91. The molecule has 19 heavy (non-hydrogen) atoms. The first-order valence-electron chi connectivity index (χ1n) is 6.18. The Kier molecular flexibility index (Phi) is 3.86. The molecule has 1 aromatic rings. The molecule has 1 aliphatic heterocycles. The standard InChI is InChI=1S/C15H15NO3/c1-3-18-15(17)13-10(2)19-12(9-16)14(13)11-7-5-4-6-8-11/h4-8,12,14H,3H2,1-2H3/t12-,14+/m0/s1. The van der Waals surface area contributed by atoms with E-state index in [0.29, 0.717) is 17.9 Å². The number of hydrogen-bond donors (Lipinski definition) is 0. The van der Waals surface area contributed by atoms with Gasteiger partial charge in [-0.05, 0) is 19.4 Å². The van der Waals surface area contributed by atoms with Gasteiger partial charge in [-0.15, -0.1) is 0 Å². The molecule has 0 spiro atoms. The van der Waals surface area contributed by atoms with E-state index in [1.165, 1.54) is 0 Å². The fourth-order valence-corrected chi connectivity index (χ4v) is 2.27. The maximum Gasteiger partial charge on any atom is 0.338 e. The molecule has 0 saturated carbocycles. The van der Waals surface area contributed by atoms with Gasteiger partial charge in [-0.1, -0.05) is 30.3 Å². The second-order valence-corrected chi connectivity index (χ2v) is 4.25. The highest BCUT2D eigenvalue weighted by Gasteiger charge is 2.40. The molecule has 4 nitrogen and oxygen atoms in total. The van der Waals surface area contributed by atoms with Gasteiger partial charge < -0.3 is 9.47 Å². The topological polar surface area (TPSA) is 59.3 Å². The minimum atomic E-state index is -0.679. The summed E-state index contributed by atoms with van der Waals surface area (Å²) in [5.41, 5.74) is 1.33. The van der Waals surface area contributed by atoms with Crippen LogP contribution >= 0.6 is 0 Å². The monoisotopic (exact) mass is 257 g/mol. The zero-order chi connectivity index (χ0) is 13.8. The molecule has 4 heteroatoms. The molecule has 1 aliphatic rings. The maximum absolute atomic E-state index is 12.0. The zero-order valence-electron chi connectivity index (χ0n) is 10.9. The first-order valence-corrected chi connectivity index (χ1v) is 6.18. The zero-order valence-corrected chi connectivity index (χ0v) is 10.9. The highest BCUT2D eigenvalue weighted by atomic mass is 16.5. The number of esters is 1. The van der Waals surface area contributed by atoms with Gasteiger partial charge in [0, 0.05) is 0 Å². The van der Waals surface area contributed by atoms with Crippen LogP contribution in [0.25, 0.3) is 0 Å². The third kappa shape index (κ3) is 2.45. The van der Waals surface area contributed by atoms with Gasteiger partial charge >= 0.3 is 5.97 Å². The van der Waals surface area contributed by atoms with E-state index in [-0.39, 0.29) is 5.92 Å². The lowest BCUT2D eigenvalue weighted by molar-refractivity contribution is -0.138. The summed E-state index contributed by atoms with van der Waals surface area (Å²) in [6.07, 6.45) is -0.679. The van der Waals surface area contributed by atoms with Crippen LogP contribution in [0.2, 0.25) is 0 Å². The van der Waals surface area contributed by atoms with Crippen LogP contribution in [0.4, 0.5) is 0 Å². The molecule has 0 saturated heterocycles. The van der Waals surface area contributed by atoms with Gasteiger partial charge in [0.2, 0.25) is 0 Å². The lowest BCUT2D eigenvalue weighted by Gasteiger charge is -2.15. The number of carbonyl (C=O) groups excluding carboxylic acids is 1. The third-order valence-electron chi connectivity index (χ3n) is 3.08. The summed E-state index contributed by atoms with van der Waals surface area (Å²) in [4.78, 5) is 12.0. The van der Waals surface area contributed by atoms with Crippen molar-refractivity contribution in [2.24, 2.45) is 0 Å². The highest BCUT2D eigenvalue weighted by Crippen LogP contribution is 2.39. The predicted molar refractivity (Wildman–Crippen MR) is 69.0 cm³/mol. The number of benzene rings is 1. The SMILES string of the molecule is CCOC(=O)C1=C(C)O[C@@H](C#N)[C@H]1c1ccccc1. The van der Waals surface area contributed by atoms with E-state index in [1.807, 2.05) is 30.3 Å². The van der Waals surface area contributed by atoms with Crippen molar-refractivity contribution >= 4 is 5.97 Å². The lowest BCUT2D eigenvalue weighted by Crippen LogP contribution is -2.19. The summed E-state index contributed by atoms with van der Waals surface area (Å²) in [5, 5.41) is 9.19. The van der Waals surface area contributed by atoms with Crippen molar-refractivity contribution in [1.29, 1.82) is 5.26 Å². The molecule has 2 rings (SSSR count). The van der Waals surface area contributed by atoms with Crippen LogP contribution in [0, 0.1) is 11.3 Å². The van der Waals surface area contributed by atoms with Crippen LogP contribution in [0.15, 0.2) is 41.7 Å². The molecule has 0 N–H and O–H groups in total. The largest absolute Gasteiger partial charge is 0.479 e. The second-order valence-electron chi connectivity index (χ2n) is 4.25. The number of ether oxygens (including phenoxy) is 2. The third-order valence-corrected chi connectivity index (χ3v) is 3.08. The van der Waals surface area contributed by atoms with Crippen LogP contribution in [-0.4, -0.2) is 18.7 Å². The van der Waals surface area contributed by atoms with Crippen LogP contribution in [-0.2, 0) is 14.3 Å². The van der Waals surface area contributed by atoms with Gasteiger partial charge in [-0.25, -0.2) is 4.79 Å². The Hall–Kier alpha value is -2.28. The van der Waals surface area contributed by atoms with Crippen molar-refractivity contribution in [3.8, 4) is 6.07 Å². The summed E-state index contributed by atoms with van der Waals surface area (Å²) >= 11 is 0. The second kappa shape index (κ2) is 5.57. The first-order chi connectivity index (χ1) is 9.19. The van der Waals surface area contributed by atoms with Gasteiger partial charge in [-0.2, -0.15) is 5.26 Å². The number of carbonyl (C=O) groups is 1. The molecular weight excluding hydrogens is 242 g/mol. The molecule has 0 radical (unpaired) electrons. The average Bonchev–Trinajstić information content (AvgIpc) is 2.77. The molecule has 1 aromatic carbocycles. The summed E-state index contributed by atoms with van der Waals surface area (Å²) in [6.45, 7) is 3.75. The molecule has 2 atom stereocenters. The fourth-order valence-electron chi connectivity index (χ4n) is 2.27. The Balaban J connectivity index is 2.41. The molecule has 1 heterocycles. The van der Waals surface area contributed by atoms with Crippen LogP contribution in [0.1, 0.15) is 25.3 Å². The molecule has 0 fully saturated rings. The van der Waals surface area contributed by atoms with Crippen molar-refractivity contribution in [3.63, 3.8) is 0 Å². The van der Waals surface area contributed by atoms with E-state index in [9.17, 15) is 10.1 Å².